The van der Waals surface area contributed by atoms with Crippen LogP contribution in [0.15, 0.2) is 24.3 Å². The van der Waals surface area contributed by atoms with E-state index in [9.17, 15) is 13.2 Å². The van der Waals surface area contributed by atoms with Crippen LogP contribution in [-0.4, -0.2) is 32.6 Å². The van der Waals surface area contributed by atoms with Gasteiger partial charge in [-0.05, 0) is 24.6 Å². The minimum atomic E-state index is -3.91. The molecular formula is C11H15ClN2O4S. The predicted molar refractivity (Wildman–Crippen MR) is 73.6 cm³/mol. The lowest BCUT2D eigenvalue weighted by atomic mass is 10.3. The van der Waals surface area contributed by atoms with Crippen LogP contribution < -0.4 is 9.03 Å². The summed E-state index contributed by atoms with van der Waals surface area (Å²) in [5.74, 6) is -1.25. The molecule has 6 nitrogen and oxygen atoms in total. The van der Waals surface area contributed by atoms with Gasteiger partial charge in [-0.3, -0.25) is 4.79 Å². The highest BCUT2D eigenvalue weighted by molar-refractivity contribution is 7.90. The van der Waals surface area contributed by atoms with E-state index in [0.717, 1.165) is 4.31 Å². The Morgan fingerprint density at radius 1 is 1.47 bits per heavy atom. The fourth-order valence-electron chi connectivity index (χ4n) is 1.38. The lowest BCUT2D eigenvalue weighted by molar-refractivity contribution is -0.135. The smallest absolute Gasteiger partial charge is 0.324 e. The van der Waals surface area contributed by atoms with Crippen LogP contribution in [-0.2, 0) is 15.0 Å². The molecule has 0 unspecified atom stereocenters. The fourth-order valence-corrected chi connectivity index (χ4v) is 2.85. The van der Waals surface area contributed by atoms with E-state index in [2.05, 4.69) is 4.72 Å². The van der Waals surface area contributed by atoms with Crippen molar-refractivity contribution in [3.05, 3.63) is 29.3 Å². The largest absolute Gasteiger partial charge is 0.480 e. The number of hydrogen-bond acceptors (Lipinski definition) is 3. The summed E-state index contributed by atoms with van der Waals surface area (Å²) in [5, 5.41) is 9.17. The first-order valence-electron chi connectivity index (χ1n) is 5.61. The molecule has 1 rings (SSSR count). The summed E-state index contributed by atoms with van der Waals surface area (Å²) in [6.07, 6.45) is 0.607. The van der Waals surface area contributed by atoms with Crippen molar-refractivity contribution < 1.29 is 18.3 Å². The molecule has 8 heteroatoms. The number of nitrogens with one attached hydrogen (secondary N) is 1. The Morgan fingerprint density at radius 3 is 2.68 bits per heavy atom. The third kappa shape index (κ3) is 4.70. The second-order valence-electron chi connectivity index (χ2n) is 3.78. The van der Waals surface area contributed by atoms with Crippen molar-refractivity contribution in [2.75, 3.05) is 17.4 Å². The molecule has 0 amide bonds. The van der Waals surface area contributed by atoms with Gasteiger partial charge in [-0.2, -0.15) is 13.1 Å². The van der Waals surface area contributed by atoms with E-state index in [1.165, 1.54) is 12.1 Å². The van der Waals surface area contributed by atoms with Gasteiger partial charge in [-0.15, -0.1) is 0 Å². The lowest BCUT2D eigenvalue weighted by Crippen LogP contribution is -2.43. The molecule has 0 saturated heterocycles. The SMILES string of the molecule is CCCNS(=O)(=O)N(CC(=O)O)c1cccc(Cl)c1. The fraction of sp³-hybridized carbons (Fsp3) is 0.364. The Hall–Kier alpha value is -1.31. The number of carbonyl (C=O) groups is 1. The predicted octanol–water partition coefficient (Wildman–Crippen LogP) is 1.48. The number of aliphatic carboxylic acids is 1. The molecule has 1 aromatic carbocycles. The molecule has 0 bridgehead atoms. The molecule has 0 heterocycles. The molecule has 0 fully saturated rings. The van der Waals surface area contributed by atoms with Gasteiger partial charge in [0.05, 0.1) is 5.69 Å². The number of carboxylic acids is 1. The highest BCUT2D eigenvalue weighted by Crippen LogP contribution is 2.21. The second-order valence-corrected chi connectivity index (χ2v) is 5.90. The summed E-state index contributed by atoms with van der Waals surface area (Å²) in [5.41, 5.74) is 0.207. The van der Waals surface area contributed by atoms with Crippen LogP contribution in [0.25, 0.3) is 0 Å². The quantitative estimate of drug-likeness (QED) is 0.799. The van der Waals surface area contributed by atoms with Crippen molar-refractivity contribution in [2.24, 2.45) is 0 Å². The summed E-state index contributed by atoms with van der Waals surface area (Å²) in [7, 11) is -3.91. The van der Waals surface area contributed by atoms with Crippen LogP contribution in [0.4, 0.5) is 5.69 Å². The molecule has 0 aliphatic carbocycles. The van der Waals surface area contributed by atoms with Gasteiger partial charge in [0.1, 0.15) is 6.54 Å². The van der Waals surface area contributed by atoms with E-state index in [4.69, 9.17) is 16.7 Å². The van der Waals surface area contributed by atoms with E-state index in [0.29, 0.717) is 11.4 Å². The molecule has 2 N–H and O–H groups in total. The number of anilines is 1. The number of nitrogens with zero attached hydrogens (tertiary/aromatic N) is 1. The maximum Gasteiger partial charge on any atom is 0.324 e. The van der Waals surface area contributed by atoms with Crippen LogP contribution in [0.3, 0.4) is 0 Å². The summed E-state index contributed by atoms with van der Waals surface area (Å²) >= 11 is 5.79. The van der Waals surface area contributed by atoms with Crippen molar-refractivity contribution >= 4 is 33.5 Å². The van der Waals surface area contributed by atoms with Gasteiger partial charge in [0.2, 0.25) is 0 Å². The summed E-state index contributed by atoms with van der Waals surface area (Å²) < 4.78 is 27.2. The van der Waals surface area contributed by atoms with Gasteiger partial charge in [0.25, 0.3) is 0 Å². The molecule has 1 aromatic rings. The van der Waals surface area contributed by atoms with E-state index < -0.39 is 22.7 Å². The highest BCUT2D eigenvalue weighted by atomic mass is 35.5. The van der Waals surface area contributed by atoms with E-state index in [-0.39, 0.29) is 12.2 Å². The second kappa shape index (κ2) is 6.74. The standard InChI is InChI=1S/C11H15ClN2O4S/c1-2-6-13-19(17,18)14(8-11(15)16)10-5-3-4-9(12)7-10/h3-5,7,13H,2,6,8H2,1H3,(H,15,16). The Kier molecular flexibility index (Phi) is 5.59. The zero-order valence-electron chi connectivity index (χ0n) is 10.3. The average molecular weight is 307 g/mol. The topological polar surface area (TPSA) is 86.7 Å². The number of carboxylic acid groups (broad SMARTS) is 1. The van der Waals surface area contributed by atoms with Gasteiger partial charge in [-0.25, -0.2) is 4.31 Å². The Bertz CT molecular complexity index is 547. The molecule has 0 atom stereocenters. The minimum absolute atomic E-state index is 0.207. The molecule has 0 aliphatic rings. The van der Waals surface area contributed by atoms with Crippen molar-refractivity contribution in [1.29, 1.82) is 0 Å². The van der Waals surface area contributed by atoms with Crippen LogP contribution >= 0.6 is 11.6 Å². The number of hydrogen-bond donors (Lipinski definition) is 2. The van der Waals surface area contributed by atoms with Crippen molar-refractivity contribution in [3.63, 3.8) is 0 Å². The molecule has 0 aromatic heterocycles. The third-order valence-corrected chi connectivity index (χ3v) is 3.92. The molecule has 0 saturated carbocycles. The lowest BCUT2D eigenvalue weighted by Gasteiger charge is -2.22. The average Bonchev–Trinajstić information content (AvgIpc) is 2.33. The molecule has 19 heavy (non-hydrogen) atoms. The van der Waals surface area contributed by atoms with Gasteiger partial charge in [0, 0.05) is 11.6 Å². The Labute approximate surface area is 117 Å². The molecule has 106 valence electrons. The minimum Gasteiger partial charge on any atom is -0.480 e. The molecule has 0 spiro atoms. The van der Waals surface area contributed by atoms with Crippen LogP contribution in [0.1, 0.15) is 13.3 Å². The van der Waals surface area contributed by atoms with Crippen LogP contribution in [0.2, 0.25) is 5.02 Å². The van der Waals surface area contributed by atoms with Gasteiger partial charge in [-0.1, -0.05) is 24.6 Å². The van der Waals surface area contributed by atoms with Crippen molar-refractivity contribution in [3.8, 4) is 0 Å². The van der Waals surface area contributed by atoms with E-state index in [1.54, 1.807) is 12.1 Å². The Balaban J connectivity index is 3.11. The monoisotopic (exact) mass is 306 g/mol. The van der Waals surface area contributed by atoms with E-state index in [1.807, 2.05) is 6.92 Å². The number of rotatable bonds is 7. The Morgan fingerprint density at radius 2 is 2.16 bits per heavy atom. The molecular weight excluding hydrogens is 292 g/mol. The van der Waals surface area contributed by atoms with Gasteiger partial charge < -0.3 is 5.11 Å². The summed E-state index contributed by atoms with van der Waals surface area (Å²) in [6, 6.07) is 6.02. The third-order valence-electron chi connectivity index (χ3n) is 2.20. The van der Waals surface area contributed by atoms with Gasteiger partial charge in [0.15, 0.2) is 0 Å². The molecule has 0 radical (unpaired) electrons. The van der Waals surface area contributed by atoms with E-state index >= 15 is 0 Å². The van der Waals surface area contributed by atoms with Crippen LogP contribution in [0.5, 0.6) is 0 Å². The van der Waals surface area contributed by atoms with Crippen LogP contribution in [0, 0.1) is 0 Å². The molecule has 0 aliphatic heterocycles. The summed E-state index contributed by atoms with van der Waals surface area (Å²) in [6.45, 7) is 1.38. The zero-order valence-corrected chi connectivity index (χ0v) is 11.9. The first-order chi connectivity index (χ1) is 8.86. The first kappa shape index (κ1) is 15.7. The number of benzene rings is 1. The maximum atomic E-state index is 12.0. The number of halogens is 1. The first-order valence-corrected chi connectivity index (χ1v) is 7.43. The van der Waals surface area contributed by atoms with Gasteiger partial charge >= 0.3 is 16.2 Å². The summed E-state index contributed by atoms with van der Waals surface area (Å²) in [4.78, 5) is 10.8. The highest BCUT2D eigenvalue weighted by Gasteiger charge is 2.24. The van der Waals surface area contributed by atoms with Crippen molar-refractivity contribution in [1.82, 2.24) is 4.72 Å². The zero-order chi connectivity index (χ0) is 14.5. The van der Waals surface area contributed by atoms with Crippen molar-refractivity contribution in [2.45, 2.75) is 13.3 Å². The maximum absolute atomic E-state index is 12.0. The normalized spacial score (nSPS) is 11.3.